The molecule has 23 heavy (non-hydrogen) atoms. The van der Waals surface area contributed by atoms with Gasteiger partial charge in [-0.2, -0.15) is 0 Å². The van der Waals surface area contributed by atoms with Gasteiger partial charge in [-0.15, -0.1) is 0 Å². The molecule has 0 aliphatic carbocycles. The minimum atomic E-state index is 0.617. The summed E-state index contributed by atoms with van der Waals surface area (Å²) in [5.41, 5.74) is 1.25. The smallest absolute Gasteiger partial charge is 0.193 e. The van der Waals surface area contributed by atoms with Crippen molar-refractivity contribution in [2.24, 2.45) is 12.0 Å². The lowest BCUT2D eigenvalue weighted by Gasteiger charge is -2.23. The number of hydrogen-bond donors (Lipinski definition) is 1. The Morgan fingerprint density at radius 3 is 2.57 bits per heavy atom. The highest BCUT2D eigenvalue weighted by molar-refractivity contribution is 9.10. The van der Waals surface area contributed by atoms with E-state index < -0.39 is 0 Å². The number of guanidine groups is 1. The van der Waals surface area contributed by atoms with Crippen molar-refractivity contribution in [2.75, 3.05) is 34.2 Å². The van der Waals surface area contributed by atoms with Gasteiger partial charge in [-0.3, -0.25) is 4.99 Å². The third kappa shape index (κ3) is 6.96. The van der Waals surface area contributed by atoms with Crippen LogP contribution in [0.3, 0.4) is 0 Å². The number of aryl methyl sites for hydroxylation is 1. The highest BCUT2D eigenvalue weighted by Gasteiger charge is 2.09. The maximum Gasteiger partial charge on any atom is 0.193 e. The Morgan fingerprint density at radius 2 is 2.04 bits per heavy atom. The molecule has 5 nitrogen and oxygen atoms in total. The molecule has 0 saturated heterocycles. The van der Waals surface area contributed by atoms with Crippen LogP contribution in [-0.4, -0.2) is 60.6 Å². The molecule has 1 aromatic heterocycles. The van der Waals surface area contributed by atoms with E-state index in [1.165, 1.54) is 12.1 Å². The highest BCUT2D eigenvalue weighted by Crippen LogP contribution is 2.14. The van der Waals surface area contributed by atoms with Crippen molar-refractivity contribution in [2.45, 2.75) is 39.3 Å². The van der Waals surface area contributed by atoms with E-state index in [1.807, 2.05) is 7.05 Å². The number of nitrogens with zero attached hydrogens (tertiary/aromatic N) is 4. The monoisotopic (exact) mass is 385 g/mol. The van der Waals surface area contributed by atoms with Crippen molar-refractivity contribution >= 4 is 21.9 Å². The molecule has 1 rings (SSSR count). The van der Waals surface area contributed by atoms with Crippen molar-refractivity contribution in [3.8, 4) is 0 Å². The largest absolute Gasteiger partial charge is 0.356 e. The van der Waals surface area contributed by atoms with Crippen LogP contribution in [0.15, 0.2) is 21.7 Å². The Kier molecular flexibility index (Phi) is 8.69. The molecule has 1 aromatic rings. The molecule has 0 bridgehead atoms. The molecule has 0 saturated carbocycles. The van der Waals surface area contributed by atoms with E-state index in [4.69, 9.17) is 0 Å². The van der Waals surface area contributed by atoms with Crippen LogP contribution >= 0.6 is 15.9 Å². The highest BCUT2D eigenvalue weighted by atomic mass is 79.9. The van der Waals surface area contributed by atoms with Crippen LogP contribution in [-0.2, 0) is 13.6 Å². The van der Waals surface area contributed by atoms with E-state index >= 15 is 0 Å². The molecule has 1 N–H and O–H groups in total. The lowest BCUT2D eigenvalue weighted by Crippen LogP contribution is -2.39. The van der Waals surface area contributed by atoms with Gasteiger partial charge in [0.2, 0.25) is 0 Å². The first-order chi connectivity index (χ1) is 10.8. The summed E-state index contributed by atoms with van der Waals surface area (Å²) in [6.07, 6.45) is 4.43. The van der Waals surface area contributed by atoms with Crippen molar-refractivity contribution in [3.63, 3.8) is 0 Å². The maximum absolute atomic E-state index is 4.38. The molecule has 0 fully saturated rings. The molecule has 6 heteroatoms. The number of nitrogens with one attached hydrogen (secondary N) is 1. The summed E-state index contributed by atoms with van der Waals surface area (Å²) in [5, 5.41) is 3.46. The first kappa shape index (κ1) is 20.0. The van der Waals surface area contributed by atoms with Crippen molar-refractivity contribution in [1.82, 2.24) is 19.7 Å². The topological polar surface area (TPSA) is 35.8 Å². The minimum Gasteiger partial charge on any atom is -0.356 e. The van der Waals surface area contributed by atoms with Crippen LogP contribution in [0.4, 0.5) is 0 Å². The quantitative estimate of drug-likeness (QED) is 0.424. The van der Waals surface area contributed by atoms with Gasteiger partial charge in [0, 0.05) is 50.1 Å². The number of aliphatic imine (C=N–C) groups is 1. The zero-order chi connectivity index (χ0) is 17.4. The van der Waals surface area contributed by atoms with Gasteiger partial charge in [0.15, 0.2) is 5.96 Å². The Hall–Kier alpha value is -1.01. The molecule has 0 aliphatic rings. The molecule has 0 spiro atoms. The number of aromatic nitrogens is 1. The van der Waals surface area contributed by atoms with Crippen molar-refractivity contribution in [3.05, 3.63) is 22.4 Å². The fourth-order valence-corrected chi connectivity index (χ4v) is 2.94. The Labute approximate surface area is 149 Å². The van der Waals surface area contributed by atoms with Gasteiger partial charge in [-0.1, -0.05) is 0 Å². The number of halogens is 1. The maximum atomic E-state index is 4.38. The van der Waals surface area contributed by atoms with Gasteiger partial charge in [0.25, 0.3) is 0 Å². The Balaban J connectivity index is 2.35. The van der Waals surface area contributed by atoms with Gasteiger partial charge in [0.05, 0.1) is 6.54 Å². The summed E-state index contributed by atoms with van der Waals surface area (Å²) < 4.78 is 3.25. The number of hydrogen-bond acceptors (Lipinski definition) is 2. The lowest BCUT2D eigenvalue weighted by molar-refractivity contribution is 0.268. The predicted octanol–water partition coefficient (Wildman–Crippen LogP) is 2.92. The zero-order valence-corrected chi connectivity index (χ0v) is 17.0. The summed E-state index contributed by atoms with van der Waals surface area (Å²) in [4.78, 5) is 8.92. The van der Waals surface area contributed by atoms with E-state index in [1.54, 1.807) is 0 Å². The van der Waals surface area contributed by atoms with Crippen LogP contribution in [0.1, 0.15) is 32.4 Å². The van der Waals surface area contributed by atoms with Crippen LogP contribution in [0.25, 0.3) is 0 Å². The summed E-state index contributed by atoms with van der Waals surface area (Å²) in [5.74, 6) is 0.944. The van der Waals surface area contributed by atoms with Gasteiger partial charge in [0.1, 0.15) is 0 Å². The Bertz CT molecular complexity index is 495. The molecule has 0 amide bonds. The molecule has 0 aliphatic heterocycles. The number of unbranched alkanes of at least 4 members (excludes halogenated alkanes) is 1. The second kappa shape index (κ2) is 9.98. The normalized spacial score (nSPS) is 12.3. The summed E-state index contributed by atoms with van der Waals surface area (Å²) >= 11 is 3.52. The first-order valence-corrected chi connectivity index (χ1v) is 9.07. The molecule has 0 aromatic carbocycles. The molecule has 0 radical (unpaired) electrons. The number of rotatable bonds is 8. The fourth-order valence-electron chi connectivity index (χ4n) is 2.37. The van der Waals surface area contributed by atoms with E-state index in [2.05, 4.69) is 87.9 Å². The first-order valence-electron chi connectivity index (χ1n) is 8.28. The third-order valence-electron chi connectivity index (χ3n) is 4.15. The summed E-state index contributed by atoms with van der Waals surface area (Å²) in [6.45, 7) is 7.40. The minimum absolute atomic E-state index is 0.617. The van der Waals surface area contributed by atoms with Crippen LogP contribution in [0.2, 0.25) is 0 Å². The van der Waals surface area contributed by atoms with Gasteiger partial charge in [-0.05, 0) is 62.3 Å². The standard InChI is InChI=1S/C17H32BrN5/c1-14(2)21(4)10-8-7-9-20-17(19-3)23(6)13-16-11-15(18)12-22(16)5/h11-12,14H,7-10,13H2,1-6H3,(H,19,20). The van der Waals surface area contributed by atoms with E-state index in [0.717, 1.165) is 36.5 Å². The predicted molar refractivity (Wildman–Crippen MR) is 103 cm³/mol. The van der Waals surface area contributed by atoms with Crippen molar-refractivity contribution in [1.29, 1.82) is 0 Å². The molecular formula is C17H32BrN5. The molecule has 132 valence electrons. The summed E-state index contributed by atoms with van der Waals surface area (Å²) in [6, 6.07) is 2.76. The van der Waals surface area contributed by atoms with E-state index in [9.17, 15) is 0 Å². The SMILES string of the molecule is CN=C(NCCCCN(C)C(C)C)N(C)Cc1cc(Br)cn1C. The average Bonchev–Trinajstić information content (AvgIpc) is 2.80. The van der Waals surface area contributed by atoms with Crippen molar-refractivity contribution < 1.29 is 0 Å². The lowest BCUT2D eigenvalue weighted by atomic mass is 10.2. The zero-order valence-electron chi connectivity index (χ0n) is 15.4. The van der Waals surface area contributed by atoms with Gasteiger partial charge in [-0.25, -0.2) is 0 Å². The summed E-state index contributed by atoms with van der Waals surface area (Å²) in [7, 11) is 8.16. The molecule has 0 unspecified atom stereocenters. The van der Waals surface area contributed by atoms with Crippen LogP contribution in [0.5, 0.6) is 0 Å². The van der Waals surface area contributed by atoms with Crippen LogP contribution in [0, 0.1) is 0 Å². The molecule has 0 atom stereocenters. The third-order valence-corrected chi connectivity index (χ3v) is 4.58. The fraction of sp³-hybridized carbons (Fsp3) is 0.706. The van der Waals surface area contributed by atoms with E-state index in [0.29, 0.717) is 6.04 Å². The second-order valence-corrected chi connectivity index (χ2v) is 7.29. The van der Waals surface area contributed by atoms with Gasteiger partial charge >= 0.3 is 0 Å². The van der Waals surface area contributed by atoms with Crippen LogP contribution < -0.4 is 5.32 Å². The molecular weight excluding hydrogens is 354 g/mol. The van der Waals surface area contributed by atoms with E-state index in [-0.39, 0.29) is 0 Å². The Morgan fingerprint density at radius 1 is 1.35 bits per heavy atom. The molecule has 1 heterocycles. The average molecular weight is 386 g/mol. The van der Waals surface area contributed by atoms with Gasteiger partial charge < -0.3 is 19.7 Å². The second-order valence-electron chi connectivity index (χ2n) is 6.37.